The quantitative estimate of drug-likeness (QED) is 0.882. The highest BCUT2D eigenvalue weighted by atomic mass is 16.3. The highest BCUT2D eigenvalue weighted by Crippen LogP contribution is 2.40. The predicted octanol–water partition coefficient (Wildman–Crippen LogP) is 2.20. The van der Waals surface area contributed by atoms with Crippen molar-refractivity contribution in [2.75, 3.05) is 0 Å². The van der Waals surface area contributed by atoms with E-state index in [0.717, 1.165) is 30.5 Å². The number of benzene rings is 1. The van der Waals surface area contributed by atoms with Crippen molar-refractivity contribution in [2.45, 2.75) is 46.3 Å². The molecule has 24 heavy (non-hydrogen) atoms. The molecule has 1 unspecified atom stereocenters. The van der Waals surface area contributed by atoms with E-state index in [4.69, 9.17) is 5.11 Å². The maximum absolute atomic E-state index is 12.3. The van der Waals surface area contributed by atoms with Crippen LogP contribution in [0.15, 0.2) is 30.5 Å². The molecular weight excluding hydrogens is 304 g/mol. The molecule has 3 rings (SSSR count). The second-order valence-corrected chi connectivity index (χ2v) is 7.30. The smallest absolute Gasteiger partial charge is 0.223 e. The Morgan fingerprint density at radius 3 is 2.71 bits per heavy atom. The highest BCUT2D eigenvalue weighted by molar-refractivity contribution is 5.79. The van der Waals surface area contributed by atoms with E-state index in [1.54, 1.807) is 10.9 Å². The maximum Gasteiger partial charge on any atom is 0.223 e. The summed E-state index contributed by atoms with van der Waals surface area (Å²) in [6, 6.07) is 7.79. The van der Waals surface area contributed by atoms with Crippen LogP contribution in [0.25, 0.3) is 5.69 Å². The molecule has 0 spiro atoms. The fourth-order valence-corrected chi connectivity index (χ4v) is 3.26. The molecule has 2 N–H and O–H groups in total. The van der Waals surface area contributed by atoms with Gasteiger partial charge < -0.3 is 10.4 Å². The Morgan fingerprint density at radius 2 is 2.12 bits per heavy atom. The van der Waals surface area contributed by atoms with E-state index in [-0.39, 0.29) is 23.8 Å². The Hall–Kier alpha value is -2.21. The zero-order valence-electron chi connectivity index (χ0n) is 14.2. The summed E-state index contributed by atoms with van der Waals surface area (Å²) >= 11 is 0. The van der Waals surface area contributed by atoms with E-state index in [9.17, 15) is 4.79 Å². The molecule has 1 aromatic heterocycles. The summed E-state index contributed by atoms with van der Waals surface area (Å²) in [5, 5.41) is 19.9. The van der Waals surface area contributed by atoms with Crippen LogP contribution in [0.5, 0.6) is 0 Å². The van der Waals surface area contributed by atoms with Gasteiger partial charge in [0.1, 0.15) is 5.69 Å². The molecule has 6 heteroatoms. The fraction of sp³-hybridized carbons (Fsp3) is 0.500. The van der Waals surface area contributed by atoms with Crippen molar-refractivity contribution in [3.8, 4) is 5.69 Å². The molecule has 6 nitrogen and oxygen atoms in total. The number of amides is 1. The van der Waals surface area contributed by atoms with Gasteiger partial charge in [-0.15, -0.1) is 5.10 Å². The van der Waals surface area contributed by atoms with Gasteiger partial charge in [0.05, 0.1) is 18.5 Å². The summed E-state index contributed by atoms with van der Waals surface area (Å²) in [4.78, 5) is 12.3. The minimum absolute atomic E-state index is 0.123. The first-order valence-electron chi connectivity index (χ1n) is 8.36. The molecule has 0 radical (unpaired) electrons. The molecule has 1 aromatic carbocycles. The van der Waals surface area contributed by atoms with Crippen LogP contribution in [0, 0.1) is 11.3 Å². The number of hydrogen-bond acceptors (Lipinski definition) is 4. The van der Waals surface area contributed by atoms with Gasteiger partial charge in [-0.05, 0) is 42.4 Å². The van der Waals surface area contributed by atoms with E-state index in [0.29, 0.717) is 12.2 Å². The van der Waals surface area contributed by atoms with Crippen LogP contribution in [-0.4, -0.2) is 26.0 Å². The van der Waals surface area contributed by atoms with Crippen molar-refractivity contribution in [1.29, 1.82) is 0 Å². The molecule has 1 fully saturated rings. The molecule has 2 aromatic rings. The van der Waals surface area contributed by atoms with Crippen molar-refractivity contribution in [3.63, 3.8) is 0 Å². The van der Waals surface area contributed by atoms with E-state index in [1.807, 2.05) is 24.3 Å². The number of aliphatic hydroxyl groups is 1. The Kier molecular flexibility index (Phi) is 4.66. The molecule has 1 saturated carbocycles. The molecule has 0 bridgehead atoms. The van der Waals surface area contributed by atoms with Gasteiger partial charge in [0.15, 0.2) is 0 Å². The van der Waals surface area contributed by atoms with Gasteiger partial charge in [-0.25, -0.2) is 4.68 Å². The average molecular weight is 328 g/mol. The number of nitrogens with one attached hydrogen (secondary N) is 1. The SMILES string of the molecule is CC1(C)CCC(C(=O)NCc2ccc(-n3cc(CO)nn3)cc2)C1. The third kappa shape index (κ3) is 3.82. The van der Waals surface area contributed by atoms with Gasteiger partial charge >= 0.3 is 0 Å². The predicted molar refractivity (Wildman–Crippen MR) is 90.3 cm³/mol. The zero-order valence-corrected chi connectivity index (χ0v) is 14.2. The number of aliphatic hydroxyl groups excluding tert-OH is 1. The maximum atomic E-state index is 12.3. The normalized spacial score (nSPS) is 19.4. The lowest BCUT2D eigenvalue weighted by Gasteiger charge is -2.17. The summed E-state index contributed by atoms with van der Waals surface area (Å²) < 4.78 is 1.62. The second-order valence-electron chi connectivity index (χ2n) is 7.30. The van der Waals surface area contributed by atoms with Crippen molar-refractivity contribution in [2.24, 2.45) is 11.3 Å². The largest absolute Gasteiger partial charge is 0.390 e. The third-order valence-corrected chi connectivity index (χ3v) is 4.71. The summed E-state index contributed by atoms with van der Waals surface area (Å²) in [6.45, 7) is 4.87. The molecule has 128 valence electrons. The topological polar surface area (TPSA) is 80.0 Å². The van der Waals surface area contributed by atoms with Crippen molar-refractivity contribution >= 4 is 5.91 Å². The summed E-state index contributed by atoms with van der Waals surface area (Å²) in [7, 11) is 0. The number of carbonyl (C=O) groups excluding carboxylic acids is 1. The monoisotopic (exact) mass is 328 g/mol. The van der Waals surface area contributed by atoms with Crippen LogP contribution < -0.4 is 5.32 Å². The van der Waals surface area contributed by atoms with Crippen LogP contribution in [-0.2, 0) is 17.9 Å². The first kappa shape index (κ1) is 16.6. The Labute approximate surface area is 141 Å². The van der Waals surface area contributed by atoms with Crippen molar-refractivity contribution in [1.82, 2.24) is 20.3 Å². The number of nitrogens with zero attached hydrogens (tertiary/aromatic N) is 3. The van der Waals surface area contributed by atoms with Gasteiger partial charge in [0.25, 0.3) is 0 Å². The van der Waals surface area contributed by atoms with Crippen LogP contribution in [0.1, 0.15) is 44.4 Å². The third-order valence-electron chi connectivity index (χ3n) is 4.71. The second kappa shape index (κ2) is 6.73. The van der Waals surface area contributed by atoms with Gasteiger partial charge in [0.2, 0.25) is 5.91 Å². The lowest BCUT2D eigenvalue weighted by Crippen LogP contribution is -2.29. The molecule has 0 aliphatic heterocycles. The number of hydrogen-bond donors (Lipinski definition) is 2. The Bertz CT molecular complexity index is 706. The van der Waals surface area contributed by atoms with Crippen LogP contribution in [0.2, 0.25) is 0 Å². The van der Waals surface area contributed by atoms with Crippen molar-refractivity contribution in [3.05, 3.63) is 41.7 Å². The molecular formula is C18H24N4O2. The van der Waals surface area contributed by atoms with Crippen molar-refractivity contribution < 1.29 is 9.90 Å². The molecule has 1 aliphatic carbocycles. The van der Waals surface area contributed by atoms with Gasteiger partial charge in [-0.1, -0.05) is 31.2 Å². The standard InChI is InChI=1S/C18H24N4O2/c1-18(2)8-7-14(9-18)17(24)19-10-13-3-5-16(6-4-13)22-11-15(12-23)20-21-22/h3-6,11,14,23H,7-10,12H2,1-2H3,(H,19,24). The fourth-order valence-electron chi connectivity index (χ4n) is 3.26. The molecule has 1 heterocycles. The minimum atomic E-state index is -0.123. The van der Waals surface area contributed by atoms with E-state index >= 15 is 0 Å². The Balaban J connectivity index is 1.55. The summed E-state index contributed by atoms with van der Waals surface area (Å²) in [5.41, 5.74) is 2.74. The molecule has 1 atom stereocenters. The minimum Gasteiger partial charge on any atom is -0.390 e. The van der Waals surface area contributed by atoms with E-state index < -0.39 is 0 Å². The molecule has 0 saturated heterocycles. The molecule has 1 amide bonds. The zero-order chi connectivity index (χ0) is 17.2. The first-order chi connectivity index (χ1) is 11.5. The van der Waals surface area contributed by atoms with Gasteiger partial charge in [-0.3, -0.25) is 4.79 Å². The number of carbonyl (C=O) groups is 1. The van der Waals surface area contributed by atoms with Crippen LogP contribution >= 0.6 is 0 Å². The lowest BCUT2D eigenvalue weighted by atomic mass is 9.90. The van der Waals surface area contributed by atoms with E-state index in [2.05, 4.69) is 29.5 Å². The van der Waals surface area contributed by atoms with Crippen LogP contribution in [0.3, 0.4) is 0 Å². The average Bonchev–Trinajstić information content (AvgIpc) is 3.19. The molecule has 1 aliphatic rings. The number of rotatable bonds is 5. The summed E-state index contributed by atoms with van der Waals surface area (Å²) in [5.74, 6) is 0.305. The highest BCUT2D eigenvalue weighted by Gasteiger charge is 2.34. The number of aromatic nitrogens is 3. The Morgan fingerprint density at radius 1 is 1.38 bits per heavy atom. The lowest BCUT2D eigenvalue weighted by molar-refractivity contribution is -0.125. The van der Waals surface area contributed by atoms with Gasteiger partial charge in [-0.2, -0.15) is 0 Å². The van der Waals surface area contributed by atoms with Crippen LogP contribution in [0.4, 0.5) is 0 Å². The van der Waals surface area contributed by atoms with Gasteiger partial charge in [0, 0.05) is 12.5 Å². The van der Waals surface area contributed by atoms with E-state index in [1.165, 1.54) is 0 Å². The first-order valence-corrected chi connectivity index (χ1v) is 8.36. The summed E-state index contributed by atoms with van der Waals surface area (Å²) in [6.07, 6.45) is 4.76.